The maximum absolute atomic E-state index is 5.62. The molecule has 0 N–H and O–H groups in total. The Morgan fingerprint density at radius 2 is 1.19 bits per heavy atom. The second-order valence-electron chi connectivity index (χ2n) is 13.9. The van der Waals surface area contributed by atoms with Gasteiger partial charge in [-0.2, -0.15) is 0 Å². The van der Waals surface area contributed by atoms with Crippen molar-refractivity contribution in [1.82, 2.24) is 4.57 Å². The van der Waals surface area contributed by atoms with Crippen LogP contribution in [0.3, 0.4) is 0 Å². The molecule has 0 bridgehead atoms. The Balaban J connectivity index is 1.20. The van der Waals surface area contributed by atoms with Crippen LogP contribution in [0.15, 0.2) is 191 Å². The van der Waals surface area contributed by atoms with Crippen molar-refractivity contribution in [2.24, 2.45) is 20.9 Å². The van der Waals surface area contributed by atoms with Gasteiger partial charge in [-0.25, -0.2) is 4.99 Å². The van der Waals surface area contributed by atoms with Gasteiger partial charge in [0.1, 0.15) is 0 Å². The van der Waals surface area contributed by atoms with Gasteiger partial charge >= 0.3 is 0 Å². The number of nitrogens with zero attached hydrogens (tertiary/aromatic N) is 4. The highest BCUT2D eigenvalue weighted by atomic mass is 15.0. The lowest BCUT2D eigenvalue weighted by Gasteiger charge is -2.31. The molecule has 1 aliphatic carbocycles. The van der Waals surface area contributed by atoms with Gasteiger partial charge in [-0.3, -0.25) is 9.98 Å². The summed E-state index contributed by atoms with van der Waals surface area (Å²) >= 11 is 0. The quantitative estimate of drug-likeness (QED) is 0.175. The van der Waals surface area contributed by atoms with Gasteiger partial charge in [0.2, 0.25) is 0 Å². The molecule has 52 heavy (non-hydrogen) atoms. The van der Waals surface area contributed by atoms with Gasteiger partial charge in [0.05, 0.1) is 34.7 Å². The second-order valence-corrected chi connectivity index (χ2v) is 13.9. The zero-order valence-electron chi connectivity index (χ0n) is 28.8. The first-order valence-corrected chi connectivity index (χ1v) is 18.2. The fraction of sp³-hybridized carbons (Fsp3) is 0.104. The molecule has 6 aromatic carbocycles. The van der Waals surface area contributed by atoms with Gasteiger partial charge in [0, 0.05) is 34.0 Å². The Bertz CT molecular complexity index is 2640. The molecule has 0 saturated heterocycles. The van der Waals surface area contributed by atoms with E-state index in [0.717, 1.165) is 39.6 Å². The minimum Gasteiger partial charge on any atom is -0.307 e. The highest BCUT2D eigenvalue weighted by Gasteiger charge is 2.37. The third-order valence-electron chi connectivity index (χ3n) is 10.9. The Morgan fingerprint density at radius 1 is 0.558 bits per heavy atom. The van der Waals surface area contributed by atoms with E-state index in [1.54, 1.807) is 0 Å². The lowest BCUT2D eigenvalue weighted by Crippen LogP contribution is -2.27. The van der Waals surface area contributed by atoms with Crippen LogP contribution < -0.4 is 0 Å². The minimum atomic E-state index is -0.128. The molecular formula is C48H36N4. The van der Waals surface area contributed by atoms with Crippen LogP contribution in [0, 0.1) is 5.92 Å². The highest BCUT2D eigenvalue weighted by Crippen LogP contribution is 2.45. The first-order valence-electron chi connectivity index (χ1n) is 18.2. The number of fused-ring (bicyclic) bond motifs is 6. The molecule has 2 aliphatic heterocycles. The van der Waals surface area contributed by atoms with Crippen molar-refractivity contribution in [2.45, 2.75) is 24.9 Å². The molecule has 4 unspecified atom stereocenters. The number of amidine groups is 1. The first-order chi connectivity index (χ1) is 25.7. The summed E-state index contributed by atoms with van der Waals surface area (Å²) in [5.74, 6) is 0.990. The van der Waals surface area contributed by atoms with E-state index in [0.29, 0.717) is 0 Å². The number of hydrogen-bond acceptors (Lipinski definition) is 3. The van der Waals surface area contributed by atoms with Crippen LogP contribution >= 0.6 is 0 Å². The summed E-state index contributed by atoms with van der Waals surface area (Å²) in [4.78, 5) is 16.2. The van der Waals surface area contributed by atoms with Crippen LogP contribution in [0.25, 0.3) is 27.4 Å². The zero-order chi connectivity index (χ0) is 34.6. The largest absolute Gasteiger partial charge is 0.307 e. The number of allylic oxidation sites excluding steroid dienone is 2. The monoisotopic (exact) mass is 668 g/mol. The Morgan fingerprint density at radius 3 is 1.96 bits per heavy atom. The fourth-order valence-corrected chi connectivity index (χ4v) is 8.50. The zero-order valence-corrected chi connectivity index (χ0v) is 28.8. The molecule has 0 saturated carbocycles. The molecule has 4 nitrogen and oxygen atoms in total. The van der Waals surface area contributed by atoms with Gasteiger partial charge in [-0.05, 0) is 45.7 Å². The van der Waals surface area contributed by atoms with E-state index in [9.17, 15) is 0 Å². The lowest BCUT2D eigenvalue weighted by atomic mass is 9.80. The van der Waals surface area contributed by atoms with Gasteiger partial charge in [-0.15, -0.1) is 0 Å². The topological polar surface area (TPSA) is 42.0 Å². The SMILES string of the molecule is CC1C(c2ccccc2)=NC(c2ccccc2)=NC1c1ccc(C2=NC3C=CC=CC3c3c2n(-c2ccccc2)c2ccccc32)c2ccccc12. The molecule has 4 atom stereocenters. The van der Waals surface area contributed by atoms with Crippen LogP contribution in [0.1, 0.15) is 52.4 Å². The fourth-order valence-electron chi connectivity index (χ4n) is 8.50. The summed E-state index contributed by atoms with van der Waals surface area (Å²) < 4.78 is 2.43. The number of benzene rings is 6. The summed E-state index contributed by atoms with van der Waals surface area (Å²) in [5, 5.41) is 3.64. The molecule has 248 valence electrons. The molecular weight excluding hydrogens is 633 g/mol. The molecule has 7 aromatic rings. The van der Waals surface area contributed by atoms with Crippen molar-refractivity contribution in [3.05, 3.63) is 209 Å². The lowest BCUT2D eigenvalue weighted by molar-refractivity contribution is 0.596. The van der Waals surface area contributed by atoms with Crippen molar-refractivity contribution < 1.29 is 0 Å². The van der Waals surface area contributed by atoms with Crippen molar-refractivity contribution in [3.8, 4) is 5.69 Å². The predicted molar refractivity (Wildman–Crippen MR) is 216 cm³/mol. The van der Waals surface area contributed by atoms with Crippen molar-refractivity contribution >= 4 is 38.9 Å². The van der Waals surface area contributed by atoms with Crippen LogP contribution in [0.4, 0.5) is 0 Å². The van der Waals surface area contributed by atoms with Gasteiger partial charge in [0.15, 0.2) is 5.84 Å². The van der Waals surface area contributed by atoms with E-state index in [1.165, 1.54) is 38.5 Å². The molecule has 3 heterocycles. The van der Waals surface area contributed by atoms with Crippen LogP contribution in [-0.2, 0) is 0 Å². The normalized spacial score (nSPS) is 20.6. The molecule has 1 aromatic heterocycles. The molecule has 0 radical (unpaired) electrons. The van der Waals surface area contributed by atoms with E-state index in [4.69, 9.17) is 15.0 Å². The summed E-state index contributed by atoms with van der Waals surface area (Å²) in [7, 11) is 0. The van der Waals surface area contributed by atoms with E-state index >= 15 is 0 Å². The van der Waals surface area contributed by atoms with Crippen LogP contribution in [0.5, 0.6) is 0 Å². The Hall–Kier alpha value is -6.39. The molecule has 10 rings (SSSR count). The minimum absolute atomic E-state index is 0.0157. The van der Waals surface area contributed by atoms with Crippen LogP contribution in [0.2, 0.25) is 0 Å². The van der Waals surface area contributed by atoms with E-state index < -0.39 is 0 Å². The van der Waals surface area contributed by atoms with E-state index in [-0.39, 0.29) is 23.9 Å². The smallest absolute Gasteiger partial charge is 0.155 e. The third-order valence-corrected chi connectivity index (χ3v) is 10.9. The second kappa shape index (κ2) is 12.4. The van der Waals surface area contributed by atoms with Crippen molar-refractivity contribution in [2.75, 3.05) is 0 Å². The van der Waals surface area contributed by atoms with Crippen molar-refractivity contribution in [3.63, 3.8) is 0 Å². The average molecular weight is 669 g/mol. The summed E-state index contributed by atoms with van der Waals surface area (Å²) in [6.07, 6.45) is 8.90. The number of para-hydroxylation sites is 2. The summed E-state index contributed by atoms with van der Waals surface area (Å²) in [5.41, 5.74) is 11.4. The third kappa shape index (κ3) is 4.86. The van der Waals surface area contributed by atoms with Crippen molar-refractivity contribution in [1.29, 1.82) is 0 Å². The van der Waals surface area contributed by atoms with Gasteiger partial charge in [-0.1, -0.05) is 165 Å². The maximum Gasteiger partial charge on any atom is 0.155 e. The number of aromatic nitrogens is 1. The highest BCUT2D eigenvalue weighted by molar-refractivity contribution is 6.23. The Labute approximate surface area is 303 Å². The molecule has 0 fully saturated rings. The molecule has 3 aliphatic rings. The standard InChI is InChI=1S/C48H36N4/c1-31-44(32-17-5-2-6-18-32)50-48(33-19-7-3-8-20-33)51-45(31)37-29-30-38(36-24-12-11-23-35(36)37)46-47-43(39-25-13-15-27-41(39)49-46)40-26-14-16-28-42(40)52(47)34-21-9-4-10-22-34/h2-31,39,41,45H,1H3. The number of aliphatic imine (C=N–C) groups is 3. The maximum atomic E-state index is 5.62. The van der Waals surface area contributed by atoms with E-state index in [1.807, 2.05) is 6.07 Å². The summed E-state index contributed by atoms with van der Waals surface area (Å²) in [6, 6.07) is 53.8. The van der Waals surface area contributed by atoms with Gasteiger partial charge in [0.25, 0.3) is 0 Å². The van der Waals surface area contributed by atoms with Gasteiger partial charge < -0.3 is 4.57 Å². The number of hydrogen-bond donors (Lipinski definition) is 0. The first kappa shape index (κ1) is 30.4. The molecule has 0 spiro atoms. The summed E-state index contributed by atoms with van der Waals surface area (Å²) in [6.45, 7) is 2.27. The number of rotatable bonds is 5. The van der Waals surface area contributed by atoms with E-state index in [2.05, 4.69) is 181 Å². The predicted octanol–water partition coefficient (Wildman–Crippen LogP) is 10.8. The average Bonchev–Trinajstić information content (AvgIpc) is 3.57. The Kier molecular flexibility index (Phi) is 7.28. The van der Waals surface area contributed by atoms with Crippen LogP contribution in [-0.4, -0.2) is 27.9 Å². The molecule has 4 heteroatoms. The molecule has 0 amide bonds.